The maximum absolute atomic E-state index is 13.0. The van der Waals surface area contributed by atoms with Crippen molar-refractivity contribution in [2.75, 3.05) is 26.2 Å². The molecule has 1 aliphatic carbocycles. The summed E-state index contributed by atoms with van der Waals surface area (Å²) in [5, 5.41) is 9.54. The number of para-hydroxylation sites is 1. The highest BCUT2D eigenvalue weighted by Crippen LogP contribution is 2.27. The second-order valence-electron chi connectivity index (χ2n) is 9.41. The van der Waals surface area contributed by atoms with E-state index in [1.54, 1.807) is 0 Å². The molecule has 2 aromatic rings. The Hall–Kier alpha value is -3.12. The summed E-state index contributed by atoms with van der Waals surface area (Å²) < 4.78 is 12.1. The number of hydrogen-bond acceptors (Lipinski definition) is 5. The number of aliphatic carboxylic acids is 1. The number of carbonyl (C=O) groups excluding carboxylic acids is 1. The minimum absolute atomic E-state index is 0.202. The van der Waals surface area contributed by atoms with Gasteiger partial charge in [0.2, 0.25) is 0 Å². The highest BCUT2D eigenvalue weighted by Gasteiger charge is 2.28. The number of hydrogen-bond donors (Lipinski definition) is 1. The zero-order valence-corrected chi connectivity index (χ0v) is 20.3. The minimum Gasteiger partial charge on any atom is -0.489 e. The van der Waals surface area contributed by atoms with Gasteiger partial charge in [-0.05, 0) is 81.6 Å². The van der Waals surface area contributed by atoms with Crippen molar-refractivity contribution in [3.05, 3.63) is 76.9 Å². The van der Waals surface area contributed by atoms with Crippen LogP contribution in [-0.2, 0) is 27.2 Å². The van der Waals surface area contributed by atoms with E-state index in [4.69, 9.17) is 9.47 Å². The summed E-state index contributed by atoms with van der Waals surface area (Å²) in [6.07, 6.45) is 6.05. The maximum atomic E-state index is 13.0. The highest BCUT2D eigenvalue weighted by molar-refractivity contribution is 5.99. The molecule has 0 amide bonds. The topological polar surface area (TPSA) is 76.1 Å². The van der Waals surface area contributed by atoms with E-state index in [9.17, 15) is 14.7 Å². The van der Waals surface area contributed by atoms with Crippen molar-refractivity contribution in [3.8, 4) is 5.75 Å². The Labute approximate surface area is 207 Å². The Balaban J connectivity index is 1.43. The quantitative estimate of drug-likeness (QED) is 0.468. The summed E-state index contributed by atoms with van der Waals surface area (Å²) >= 11 is 0. The van der Waals surface area contributed by atoms with Crippen molar-refractivity contribution < 1.29 is 24.2 Å². The molecule has 1 fully saturated rings. The van der Waals surface area contributed by atoms with Gasteiger partial charge in [-0.3, -0.25) is 4.90 Å². The van der Waals surface area contributed by atoms with Gasteiger partial charge in [-0.1, -0.05) is 48.5 Å². The molecule has 2 aromatic carbocycles. The third-order valence-corrected chi connectivity index (χ3v) is 6.83. The van der Waals surface area contributed by atoms with E-state index >= 15 is 0 Å². The number of aryl methyl sites for hydroxylation is 2. The van der Waals surface area contributed by atoms with E-state index in [0.29, 0.717) is 25.0 Å². The number of carboxylic acids is 1. The number of likely N-dealkylation sites (tertiary alicyclic amines) is 1. The fraction of sp³-hybridized carbons (Fsp3) is 0.448. The highest BCUT2D eigenvalue weighted by atomic mass is 16.6. The third-order valence-electron chi connectivity index (χ3n) is 6.83. The molecule has 6 nitrogen and oxygen atoms in total. The standard InChI is InChI=1S/C29H35NO5/c31-28(32)25-13-5-6-14-26(25)29(33)35-24(20-30-18-8-9-19-30)21-34-27-15-7-4-12-23(27)17-16-22-10-2-1-3-11-22/h1-4,7,10-12,15,24H,5-6,8-9,13-14,16-21H2,(H,31,32). The van der Waals surface area contributed by atoms with Gasteiger partial charge >= 0.3 is 11.9 Å². The van der Waals surface area contributed by atoms with Crippen LogP contribution >= 0.6 is 0 Å². The molecule has 0 aromatic heterocycles. The van der Waals surface area contributed by atoms with Gasteiger partial charge in [0.05, 0.1) is 0 Å². The smallest absolute Gasteiger partial charge is 0.334 e. The lowest BCUT2D eigenvalue weighted by molar-refractivity contribution is -0.147. The van der Waals surface area contributed by atoms with Crippen LogP contribution < -0.4 is 4.74 Å². The van der Waals surface area contributed by atoms with Crippen molar-refractivity contribution in [1.29, 1.82) is 0 Å². The van der Waals surface area contributed by atoms with E-state index in [1.165, 1.54) is 5.56 Å². The van der Waals surface area contributed by atoms with Gasteiger partial charge in [-0.2, -0.15) is 0 Å². The third kappa shape index (κ3) is 7.18. The zero-order chi connectivity index (χ0) is 24.5. The normalized spacial score (nSPS) is 17.3. The molecule has 1 N–H and O–H groups in total. The molecule has 1 unspecified atom stereocenters. The van der Waals surface area contributed by atoms with Gasteiger partial charge < -0.3 is 14.6 Å². The Morgan fingerprint density at radius 3 is 2.29 bits per heavy atom. The lowest BCUT2D eigenvalue weighted by Crippen LogP contribution is -2.38. The van der Waals surface area contributed by atoms with Crippen molar-refractivity contribution in [2.45, 2.75) is 57.5 Å². The Kier molecular flexibility index (Phi) is 8.96. The number of esters is 1. The molecule has 0 bridgehead atoms. The number of carbonyl (C=O) groups is 2. The van der Waals surface area contributed by atoms with Crippen LogP contribution in [0.2, 0.25) is 0 Å². The summed E-state index contributed by atoms with van der Waals surface area (Å²) in [5.41, 5.74) is 2.91. The molecular weight excluding hydrogens is 442 g/mol. The summed E-state index contributed by atoms with van der Waals surface area (Å²) in [4.78, 5) is 27.0. The summed E-state index contributed by atoms with van der Waals surface area (Å²) in [6.45, 7) is 2.78. The van der Waals surface area contributed by atoms with Crippen LogP contribution in [0.15, 0.2) is 65.7 Å². The molecule has 6 heteroatoms. The number of nitrogens with zero attached hydrogens (tertiary/aromatic N) is 1. The molecule has 35 heavy (non-hydrogen) atoms. The largest absolute Gasteiger partial charge is 0.489 e. The van der Waals surface area contributed by atoms with E-state index in [1.807, 2.05) is 36.4 Å². The molecule has 1 atom stereocenters. The van der Waals surface area contributed by atoms with E-state index < -0.39 is 18.0 Å². The van der Waals surface area contributed by atoms with Crippen LogP contribution in [0.4, 0.5) is 0 Å². The first-order valence-electron chi connectivity index (χ1n) is 12.7. The van der Waals surface area contributed by atoms with Crippen molar-refractivity contribution in [3.63, 3.8) is 0 Å². The van der Waals surface area contributed by atoms with Crippen molar-refractivity contribution in [2.24, 2.45) is 0 Å². The van der Waals surface area contributed by atoms with E-state index in [0.717, 1.165) is 62.9 Å². The van der Waals surface area contributed by atoms with Crippen LogP contribution in [-0.4, -0.2) is 54.3 Å². The monoisotopic (exact) mass is 477 g/mol. The lowest BCUT2D eigenvalue weighted by Gasteiger charge is -2.26. The second-order valence-corrected chi connectivity index (χ2v) is 9.41. The number of carboxylic acid groups (broad SMARTS) is 1. The Morgan fingerprint density at radius 2 is 1.54 bits per heavy atom. The van der Waals surface area contributed by atoms with Crippen LogP contribution in [0.25, 0.3) is 0 Å². The first kappa shape index (κ1) is 25.0. The minimum atomic E-state index is -1.02. The molecule has 186 valence electrons. The molecule has 0 spiro atoms. The van der Waals surface area contributed by atoms with Gasteiger partial charge in [-0.15, -0.1) is 0 Å². The van der Waals surface area contributed by atoms with Gasteiger partial charge in [0.1, 0.15) is 18.5 Å². The molecule has 1 saturated heterocycles. The fourth-order valence-corrected chi connectivity index (χ4v) is 4.92. The average Bonchev–Trinajstić information content (AvgIpc) is 3.40. The predicted octanol–water partition coefficient (Wildman–Crippen LogP) is 4.81. The second kappa shape index (κ2) is 12.5. The molecule has 2 aliphatic rings. The molecule has 1 aliphatic heterocycles. The molecule has 4 rings (SSSR count). The van der Waals surface area contributed by atoms with Gasteiger partial charge in [0, 0.05) is 17.7 Å². The van der Waals surface area contributed by atoms with Crippen LogP contribution in [0.1, 0.15) is 49.7 Å². The molecule has 0 radical (unpaired) electrons. The summed E-state index contributed by atoms with van der Waals surface area (Å²) in [5.74, 6) is -0.724. The first-order valence-corrected chi connectivity index (χ1v) is 12.7. The van der Waals surface area contributed by atoms with Gasteiger partial charge in [0.25, 0.3) is 0 Å². The predicted molar refractivity (Wildman–Crippen MR) is 134 cm³/mol. The van der Waals surface area contributed by atoms with Gasteiger partial charge in [-0.25, -0.2) is 9.59 Å². The van der Waals surface area contributed by atoms with Crippen LogP contribution in [0, 0.1) is 0 Å². The number of ether oxygens (including phenoxy) is 2. The first-order chi connectivity index (χ1) is 17.1. The molecule has 1 heterocycles. The van der Waals surface area contributed by atoms with Crippen molar-refractivity contribution in [1.82, 2.24) is 4.90 Å². The average molecular weight is 478 g/mol. The SMILES string of the molecule is O=C(O)C1=C(C(=O)OC(COc2ccccc2CCc2ccccc2)CN2CCCC2)CCCC1. The fourth-order valence-electron chi connectivity index (χ4n) is 4.92. The Bertz CT molecular complexity index is 1030. The van der Waals surface area contributed by atoms with E-state index in [2.05, 4.69) is 23.1 Å². The lowest BCUT2D eigenvalue weighted by atomic mass is 9.92. The number of benzene rings is 2. The summed E-state index contributed by atoms with van der Waals surface area (Å²) in [7, 11) is 0. The van der Waals surface area contributed by atoms with Crippen LogP contribution in [0.3, 0.4) is 0 Å². The summed E-state index contributed by atoms with van der Waals surface area (Å²) in [6, 6.07) is 18.4. The van der Waals surface area contributed by atoms with E-state index in [-0.39, 0.29) is 12.2 Å². The maximum Gasteiger partial charge on any atom is 0.334 e. The number of rotatable bonds is 11. The molecule has 0 saturated carbocycles. The van der Waals surface area contributed by atoms with Crippen LogP contribution in [0.5, 0.6) is 5.75 Å². The zero-order valence-electron chi connectivity index (χ0n) is 20.3. The van der Waals surface area contributed by atoms with Crippen molar-refractivity contribution >= 4 is 11.9 Å². The molecular formula is C29H35NO5. The Morgan fingerprint density at radius 1 is 0.857 bits per heavy atom. The van der Waals surface area contributed by atoms with Gasteiger partial charge in [0.15, 0.2) is 0 Å².